The van der Waals surface area contributed by atoms with E-state index in [4.69, 9.17) is 4.89 Å². The Morgan fingerprint density at radius 2 is 2.17 bits per heavy atom. The van der Waals surface area contributed by atoms with Gasteiger partial charge in [0.2, 0.25) is 0 Å². The van der Waals surface area contributed by atoms with Gasteiger partial charge in [0.1, 0.15) is 7.60 Å². The summed E-state index contributed by atoms with van der Waals surface area (Å²) in [7, 11) is -3.90. The normalized spacial score (nSPS) is 19.8. The fourth-order valence-corrected chi connectivity index (χ4v) is 0. The molecular formula is C2H6O3P-. The van der Waals surface area contributed by atoms with Gasteiger partial charge >= 0.3 is 0 Å². The molecule has 3 nitrogen and oxygen atoms in total. The van der Waals surface area contributed by atoms with Crippen molar-refractivity contribution >= 4 is 7.60 Å². The van der Waals surface area contributed by atoms with Crippen molar-refractivity contribution < 1.29 is 14.4 Å². The van der Waals surface area contributed by atoms with Crippen molar-refractivity contribution in [2.75, 3.05) is 6.16 Å². The molecule has 6 heavy (non-hydrogen) atoms. The second kappa shape index (κ2) is 1.73. The lowest BCUT2D eigenvalue weighted by Crippen LogP contribution is -1.99. The Kier molecular flexibility index (Phi) is 1.78. The molecule has 0 rings (SSSR count). The summed E-state index contributed by atoms with van der Waals surface area (Å²) in [6, 6.07) is 0. The van der Waals surface area contributed by atoms with Crippen LogP contribution in [0.3, 0.4) is 0 Å². The molecule has 4 heteroatoms. The minimum Gasteiger partial charge on any atom is -0.779 e. The summed E-state index contributed by atoms with van der Waals surface area (Å²) in [5, 5.41) is 0. The standard InChI is InChI=1S/C2H7O3P/c1-2-6(3,4)5/h2H2,1H3,(H2,3,4,5)/p-1. The van der Waals surface area contributed by atoms with E-state index in [-0.39, 0.29) is 6.16 Å². The van der Waals surface area contributed by atoms with E-state index in [0.717, 1.165) is 0 Å². The van der Waals surface area contributed by atoms with E-state index in [1.807, 2.05) is 0 Å². The van der Waals surface area contributed by atoms with E-state index in [2.05, 4.69) is 0 Å². The van der Waals surface area contributed by atoms with Crippen LogP contribution in [0.5, 0.6) is 0 Å². The van der Waals surface area contributed by atoms with Crippen LogP contribution in [0.4, 0.5) is 0 Å². The quantitative estimate of drug-likeness (QED) is 0.464. The van der Waals surface area contributed by atoms with Crippen LogP contribution in [0.25, 0.3) is 0 Å². The Hall–Kier alpha value is 0.150. The molecule has 0 aliphatic heterocycles. The highest BCUT2D eigenvalue weighted by atomic mass is 31.2. The third kappa shape index (κ3) is 4.15. The average Bonchev–Trinajstić information content (AvgIpc) is 1.35. The van der Waals surface area contributed by atoms with Crippen LogP contribution in [0, 0.1) is 0 Å². The first kappa shape index (κ1) is 6.15. The Balaban J connectivity index is 3.48. The van der Waals surface area contributed by atoms with Gasteiger partial charge in [-0.15, -0.1) is 0 Å². The van der Waals surface area contributed by atoms with E-state index in [0.29, 0.717) is 0 Å². The van der Waals surface area contributed by atoms with Crippen molar-refractivity contribution in [2.45, 2.75) is 6.92 Å². The fourth-order valence-electron chi connectivity index (χ4n) is 0. The zero-order valence-corrected chi connectivity index (χ0v) is 4.31. The van der Waals surface area contributed by atoms with Crippen molar-refractivity contribution in [1.82, 2.24) is 0 Å². The van der Waals surface area contributed by atoms with Crippen molar-refractivity contribution in [3.05, 3.63) is 0 Å². The van der Waals surface area contributed by atoms with E-state index < -0.39 is 7.60 Å². The molecule has 0 radical (unpaired) electrons. The van der Waals surface area contributed by atoms with E-state index >= 15 is 0 Å². The number of hydrogen-bond donors (Lipinski definition) is 1. The fraction of sp³-hybridized carbons (Fsp3) is 1.00. The first-order chi connectivity index (χ1) is 2.56. The van der Waals surface area contributed by atoms with Crippen LogP contribution < -0.4 is 4.89 Å². The molecule has 0 heterocycles. The van der Waals surface area contributed by atoms with Crippen molar-refractivity contribution in [3.8, 4) is 0 Å². The minimum absolute atomic E-state index is 0.174. The zero-order valence-electron chi connectivity index (χ0n) is 3.42. The molecule has 0 fully saturated rings. The van der Waals surface area contributed by atoms with Crippen molar-refractivity contribution in [3.63, 3.8) is 0 Å². The summed E-state index contributed by atoms with van der Waals surface area (Å²) < 4.78 is 9.58. The third-order valence-electron chi connectivity index (χ3n) is 0.400. The monoisotopic (exact) mass is 109 g/mol. The van der Waals surface area contributed by atoms with Gasteiger partial charge < -0.3 is 14.4 Å². The molecule has 1 atom stereocenters. The van der Waals surface area contributed by atoms with Crippen LogP contribution in [-0.4, -0.2) is 11.1 Å². The van der Waals surface area contributed by atoms with Gasteiger partial charge in [-0.25, -0.2) is 0 Å². The Morgan fingerprint density at radius 1 is 2.00 bits per heavy atom. The summed E-state index contributed by atoms with van der Waals surface area (Å²) in [6.07, 6.45) is -0.174. The SMILES string of the molecule is CCP(=O)([O-])O. The smallest absolute Gasteiger partial charge is 0.132 e. The third-order valence-corrected chi connectivity index (χ3v) is 1.20. The van der Waals surface area contributed by atoms with E-state index in [1.54, 1.807) is 0 Å². The Labute approximate surface area is 36.2 Å². The summed E-state index contributed by atoms with van der Waals surface area (Å²) in [6.45, 7) is 1.38. The van der Waals surface area contributed by atoms with Crippen molar-refractivity contribution in [1.29, 1.82) is 0 Å². The topological polar surface area (TPSA) is 60.4 Å². The molecule has 38 valence electrons. The molecule has 1 N–H and O–H groups in total. The lowest BCUT2D eigenvalue weighted by molar-refractivity contribution is -0.192. The summed E-state index contributed by atoms with van der Waals surface area (Å²) in [5.41, 5.74) is 0. The molecule has 0 aromatic carbocycles. The molecule has 0 aliphatic carbocycles. The van der Waals surface area contributed by atoms with Gasteiger partial charge in [-0.05, 0) is 0 Å². The maximum Gasteiger partial charge on any atom is 0.132 e. The minimum atomic E-state index is -3.90. The van der Waals surface area contributed by atoms with Gasteiger partial charge in [0.05, 0.1) is 0 Å². The maximum atomic E-state index is 9.58. The number of hydrogen-bond acceptors (Lipinski definition) is 2. The van der Waals surface area contributed by atoms with Gasteiger partial charge in [0.15, 0.2) is 0 Å². The van der Waals surface area contributed by atoms with Gasteiger partial charge in [-0.1, -0.05) is 6.92 Å². The van der Waals surface area contributed by atoms with Gasteiger partial charge in [-0.3, -0.25) is 0 Å². The first-order valence-electron chi connectivity index (χ1n) is 1.59. The maximum absolute atomic E-state index is 9.58. The van der Waals surface area contributed by atoms with Crippen LogP contribution >= 0.6 is 7.60 Å². The molecule has 0 aromatic heterocycles. The largest absolute Gasteiger partial charge is 0.779 e. The highest BCUT2D eigenvalue weighted by molar-refractivity contribution is 7.50. The first-order valence-corrected chi connectivity index (χ1v) is 3.35. The second-order valence-electron chi connectivity index (χ2n) is 0.954. The predicted molar refractivity (Wildman–Crippen MR) is 20.4 cm³/mol. The predicted octanol–water partition coefficient (Wildman–Crippen LogP) is -0.448. The highest BCUT2D eigenvalue weighted by Gasteiger charge is 1.90. The Morgan fingerprint density at radius 3 is 2.17 bits per heavy atom. The summed E-state index contributed by atoms with van der Waals surface area (Å²) in [5.74, 6) is 0. The molecular weight excluding hydrogens is 103 g/mol. The summed E-state index contributed by atoms with van der Waals surface area (Å²) in [4.78, 5) is 17.4. The van der Waals surface area contributed by atoms with Gasteiger partial charge in [0.25, 0.3) is 0 Å². The van der Waals surface area contributed by atoms with Crippen LogP contribution in [-0.2, 0) is 4.57 Å². The van der Waals surface area contributed by atoms with Crippen molar-refractivity contribution in [2.24, 2.45) is 0 Å². The van der Waals surface area contributed by atoms with Crippen LogP contribution in [0.15, 0.2) is 0 Å². The van der Waals surface area contributed by atoms with Gasteiger partial charge in [-0.2, -0.15) is 0 Å². The molecule has 0 spiro atoms. The van der Waals surface area contributed by atoms with Gasteiger partial charge in [0, 0.05) is 6.16 Å². The highest BCUT2D eigenvalue weighted by Crippen LogP contribution is 2.26. The molecule has 0 saturated carbocycles. The molecule has 0 aliphatic rings. The molecule has 0 bridgehead atoms. The van der Waals surface area contributed by atoms with E-state index in [1.165, 1.54) is 6.92 Å². The molecule has 0 saturated heterocycles. The molecule has 0 amide bonds. The lowest BCUT2D eigenvalue weighted by Gasteiger charge is -2.10. The van der Waals surface area contributed by atoms with Crippen LogP contribution in [0.1, 0.15) is 6.92 Å². The second-order valence-corrected chi connectivity index (χ2v) is 2.86. The Bertz CT molecular complexity index is 72.9. The summed E-state index contributed by atoms with van der Waals surface area (Å²) >= 11 is 0. The van der Waals surface area contributed by atoms with E-state index in [9.17, 15) is 9.46 Å². The average molecular weight is 109 g/mol. The molecule has 0 aromatic rings. The lowest BCUT2D eigenvalue weighted by atomic mass is 11.0. The zero-order chi connectivity index (χ0) is 5.21. The van der Waals surface area contributed by atoms with Crippen LogP contribution in [0.2, 0.25) is 0 Å². The number of rotatable bonds is 1. The molecule has 1 unspecified atom stereocenters.